The van der Waals surface area contributed by atoms with Crippen LogP contribution in [-0.4, -0.2) is 35.7 Å². The van der Waals surface area contributed by atoms with Gasteiger partial charge in [-0.05, 0) is 36.4 Å². The highest BCUT2D eigenvalue weighted by Gasteiger charge is 2.08. The number of hydrogen-bond donors (Lipinski definition) is 1. The van der Waals surface area contributed by atoms with Crippen LogP contribution < -0.4 is 14.8 Å². The van der Waals surface area contributed by atoms with E-state index in [0.717, 1.165) is 23.6 Å². The summed E-state index contributed by atoms with van der Waals surface area (Å²) in [6.07, 6.45) is 0.992. The number of hydrogen-bond acceptors (Lipinski definition) is 7. The van der Waals surface area contributed by atoms with E-state index >= 15 is 0 Å². The average molecular weight is 306 g/mol. The topological polar surface area (TPSA) is 69.2 Å². The number of nitrogens with one attached hydrogen (secondary N) is 1. The zero-order valence-corrected chi connectivity index (χ0v) is 13.1. The largest absolute Gasteiger partial charge is 0.497 e. The van der Waals surface area contributed by atoms with Crippen LogP contribution in [0.3, 0.4) is 0 Å². The second-order valence-electron chi connectivity index (χ2n) is 4.14. The summed E-state index contributed by atoms with van der Waals surface area (Å²) in [6, 6.07) is 8.03. The molecule has 0 saturated carbocycles. The van der Waals surface area contributed by atoms with Crippen LogP contribution in [0.4, 0.5) is 5.95 Å². The zero-order valence-electron chi connectivity index (χ0n) is 12.3. The van der Waals surface area contributed by atoms with Gasteiger partial charge in [-0.3, -0.25) is 0 Å². The van der Waals surface area contributed by atoms with E-state index in [2.05, 4.69) is 27.2 Å². The molecule has 7 heteroatoms. The minimum atomic E-state index is 0.300. The third-order valence-corrected chi connectivity index (χ3v) is 3.42. The van der Waals surface area contributed by atoms with Crippen molar-refractivity contribution < 1.29 is 9.47 Å². The number of anilines is 1. The first-order chi connectivity index (χ1) is 10.2. The molecular formula is C14H18N4O2S. The molecule has 0 fully saturated rings. The molecular weight excluding hydrogens is 288 g/mol. The molecule has 0 spiro atoms. The van der Waals surface area contributed by atoms with Crippen LogP contribution in [0.5, 0.6) is 11.8 Å². The minimum Gasteiger partial charge on any atom is -0.497 e. The fourth-order valence-electron chi connectivity index (χ4n) is 1.56. The van der Waals surface area contributed by atoms with Gasteiger partial charge in [-0.2, -0.15) is 15.0 Å². The van der Waals surface area contributed by atoms with Crippen LogP contribution in [0.2, 0.25) is 0 Å². The highest BCUT2D eigenvalue weighted by molar-refractivity contribution is 7.99. The highest BCUT2D eigenvalue weighted by Crippen LogP contribution is 2.28. The average Bonchev–Trinajstić information content (AvgIpc) is 2.52. The van der Waals surface area contributed by atoms with Gasteiger partial charge < -0.3 is 14.8 Å². The van der Waals surface area contributed by atoms with Crippen molar-refractivity contribution in [3.8, 4) is 11.8 Å². The Labute approximate surface area is 128 Å². The maximum absolute atomic E-state index is 5.21. The first-order valence-corrected chi connectivity index (χ1v) is 7.42. The number of benzene rings is 1. The van der Waals surface area contributed by atoms with Crippen molar-refractivity contribution in [2.24, 2.45) is 0 Å². The van der Waals surface area contributed by atoms with Crippen molar-refractivity contribution in [3.63, 3.8) is 0 Å². The summed E-state index contributed by atoms with van der Waals surface area (Å²) < 4.78 is 10.3. The Hall–Kier alpha value is -2.02. The van der Waals surface area contributed by atoms with Gasteiger partial charge in [-0.15, -0.1) is 0 Å². The number of rotatable bonds is 7. The number of ether oxygens (including phenoxy) is 2. The summed E-state index contributed by atoms with van der Waals surface area (Å²) >= 11 is 1.43. The molecule has 0 atom stereocenters. The lowest BCUT2D eigenvalue weighted by molar-refractivity contribution is 0.373. The van der Waals surface area contributed by atoms with Gasteiger partial charge in [-0.1, -0.05) is 13.0 Å². The lowest BCUT2D eigenvalue weighted by Gasteiger charge is -2.07. The van der Waals surface area contributed by atoms with Gasteiger partial charge in [-0.25, -0.2) is 0 Å². The molecule has 6 nitrogen and oxygen atoms in total. The maximum atomic E-state index is 5.21. The molecule has 1 aromatic carbocycles. The summed E-state index contributed by atoms with van der Waals surface area (Å²) in [5.41, 5.74) is 0. The summed E-state index contributed by atoms with van der Waals surface area (Å²) in [5.74, 6) is 1.32. The molecule has 0 unspecified atom stereocenters. The summed E-state index contributed by atoms with van der Waals surface area (Å²) in [4.78, 5) is 13.8. The SMILES string of the molecule is CCCNc1nc(OC)nc(Sc2cccc(OC)c2)n1. The molecule has 0 amide bonds. The van der Waals surface area contributed by atoms with Gasteiger partial charge in [0.2, 0.25) is 11.1 Å². The van der Waals surface area contributed by atoms with Crippen molar-refractivity contribution >= 4 is 17.7 Å². The third-order valence-electron chi connectivity index (χ3n) is 2.56. The second-order valence-corrected chi connectivity index (χ2v) is 5.18. The Bertz CT molecular complexity index is 595. The summed E-state index contributed by atoms with van der Waals surface area (Å²) in [7, 11) is 3.18. The lowest BCUT2D eigenvalue weighted by Crippen LogP contribution is -2.07. The van der Waals surface area contributed by atoms with Gasteiger partial charge in [0, 0.05) is 11.4 Å². The molecule has 1 aromatic heterocycles. The van der Waals surface area contributed by atoms with Crippen LogP contribution in [0, 0.1) is 0 Å². The van der Waals surface area contributed by atoms with Gasteiger partial charge in [0.25, 0.3) is 0 Å². The summed E-state index contributed by atoms with van der Waals surface area (Å²) in [5, 5.41) is 3.72. The van der Waals surface area contributed by atoms with Crippen LogP contribution in [0.15, 0.2) is 34.3 Å². The van der Waals surface area contributed by atoms with E-state index in [1.807, 2.05) is 24.3 Å². The molecule has 1 heterocycles. The predicted molar refractivity (Wildman–Crippen MR) is 82.3 cm³/mol. The number of nitrogens with zero attached hydrogens (tertiary/aromatic N) is 3. The van der Waals surface area contributed by atoms with E-state index in [4.69, 9.17) is 9.47 Å². The molecule has 0 saturated heterocycles. The standard InChI is InChI=1S/C14H18N4O2S/c1-4-8-15-12-16-13(20-3)18-14(17-12)21-11-7-5-6-10(9-11)19-2/h5-7,9H,4,8H2,1-3H3,(H,15,16,17,18). The van der Waals surface area contributed by atoms with Gasteiger partial charge >= 0.3 is 6.01 Å². The fourth-order valence-corrected chi connectivity index (χ4v) is 2.35. The lowest BCUT2D eigenvalue weighted by atomic mass is 10.3. The third kappa shape index (κ3) is 4.49. The molecule has 0 aliphatic heterocycles. The Morgan fingerprint density at radius 2 is 2.00 bits per heavy atom. The van der Waals surface area contributed by atoms with E-state index in [-0.39, 0.29) is 0 Å². The Kier molecular flexibility index (Phi) is 5.62. The quantitative estimate of drug-likeness (QED) is 0.843. The number of aromatic nitrogens is 3. The normalized spacial score (nSPS) is 10.2. The van der Waals surface area contributed by atoms with Crippen LogP contribution in [0.1, 0.15) is 13.3 Å². The molecule has 0 aliphatic rings. The van der Waals surface area contributed by atoms with Crippen LogP contribution in [0.25, 0.3) is 0 Å². The molecule has 0 bridgehead atoms. The smallest absolute Gasteiger partial charge is 0.321 e. The molecule has 2 rings (SSSR count). The number of methoxy groups -OCH3 is 2. The minimum absolute atomic E-state index is 0.300. The Morgan fingerprint density at radius 1 is 1.14 bits per heavy atom. The molecule has 112 valence electrons. The van der Waals surface area contributed by atoms with Crippen molar-refractivity contribution in [2.75, 3.05) is 26.1 Å². The van der Waals surface area contributed by atoms with E-state index in [1.54, 1.807) is 14.2 Å². The van der Waals surface area contributed by atoms with Crippen LogP contribution in [-0.2, 0) is 0 Å². The molecule has 0 radical (unpaired) electrons. The van der Waals surface area contributed by atoms with Crippen molar-refractivity contribution in [2.45, 2.75) is 23.4 Å². The van der Waals surface area contributed by atoms with E-state index in [0.29, 0.717) is 17.1 Å². The Morgan fingerprint density at radius 3 is 2.71 bits per heavy atom. The van der Waals surface area contributed by atoms with E-state index < -0.39 is 0 Å². The fraction of sp³-hybridized carbons (Fsp3) is 0.357. The van der Waals surface area contributed by atoms with Crippen LogP contribution >= 0.6 is 11.8 Å². The van der Waals surface area contributed by atoms with Gasteiger partial charge in [0.05, 0.1) is 14.2 Å². The molecule has 21 heavy (non-hydrogen) atoms. The highest BCUT2D eigenvalue weighted by atomic mass is 32.2. The molecule has 2 aromatic rings. The first kappa shape index (κ1) is 15.4. The molecule has 0 aliphatic carbocycles. The first-order valence-electron chi connectivity index (χ1n) is 6.61. The second kappa shape index (κ2) is 7.68. The van der Waals surface area contributed by atoms with Gasteiger partial charge in [0.15, 0.2) is 0 Å². The zero-order chi connectivity index (χ0) is 15.1. The van der Waals surface area contributed by atoms with Crippen molar-refractivity contribution in [1.29, 1.82) is 0 Å². The Balaban J connectivity index is 2.21. The maximum Gasteiger partial charge on any atom is 0.321 e. The molecule has 1 N–H and O–H groups in total. The van der Waals surface area contributed by atoms with Crippen molar-refractivity contribution in [3.05, 3.63) is 24.3 Å². The van der Waals surface area contributed by atoms with Crippen molar-refractivity contribution in [1.82, 2.24) is 15.0 Å². The van der Waals surface area contributed by atoms with Gasteiger partial charge in [0.1, 0.15) is 5.75 Å². The van der Waals surface area contributed by atoms with E-state index in [1.165, 1.54) is 11.8 Å². The summed E-state index contributed by atoms with van der Waals surface area (Å²) in [6.45, 7) is 2.88. The monoisotopic (exact) mass is 306 g/mol. The van der Waals surface area contributed by atoms with E-state index in [9.17, 15) is 0 Å². The predicted octanol–water partition coefficient (Wildman–Crippen LogP) is 2.86.